The van der Waals surface area contributed by atoms with Crippen molar-refractivity contribution in [1.82, 2.24) is 0 Å². The molecule has 26 heavy (non-hydrogen) atoms. The Balaban J connectivity index is 1.41. The maximum atomic E-state index is 4.27. The van der Waals surface area contributed by atoms with Crippen LogP contribution >= 0.6 is 12.6 Å². The van der Waals surface area contributed by atoms with Crippen molar-refractivity contribution in [2.75, 3.05) is 5.75 Å². The molecule has 0 aliphatic carbocycles. The third-order valence-electron chi connectivity index (χ3n) is 5.39. The summed E-state index contributed by atoms with van der Waals surface area (Å²) in [7, 11) is 0. The Hall–Kier alpha value is -1.47. The minimum absolute atomic E-state index is 1.05. The molecule has 0 nitrogen and oxygen atoms in total. The molecule has 0 saturated heterocycles. The Bertz CT molecular complexity index is 805. The first kappa shape index (κ1) is 19.3. The highest BCUT2D eigenvalue weighted by Gasteiger charge is 2.00. The lowest BCUT2D eigenvalue weighted by molar-refractivity contribution is 0.566. The van der Waals surface area contributed by atoms with Crippen molar-refractivity contribution in [3.05, 3.63) is 60.2 Å². The largest absolute Gasteiger partial charge is 0.179 e. The molecule has 0 saturated carbocycles. The second-order valence-corrected chi connectivity index (χ2v) is 7.98. The lowest BCUT2D eigenvalue weighted by Crippen LogP contribution is -1.87. The molecule has 0 spiro atoms. The Morgan fingerprint density at radius 1 is 0.500 bits per heavy atom. The fraction of sp³-hybridized carbons (Fsp3) is 0.440. The summed E-state index contributed by atoms with van der Waals surface area (Å²) in [5, 5.41) is 5.40. The zero-order valence-electron chi connectivity index (χ0n) is 15.9. The second kappa shape index (κ2) is 10.6. The predicted molar refractivity (Wildman–Crippen MR) is 121 cm³/mol. The molecule has 0 fully saturated rings. The molecule has 0 radical (unpaired) electrons. The predicted octanol–water partition coefficient (Wildman–Crippen LogP) is 7.98. The number of hydrogen-bond acceptors (Lipinski definition) is 1. The first-order chi connectivity index (χ1) is 12.9. The van der Waals surface area contributed by atoms with Crippen LogP contribution in [0.3, 0.4) is 0 Å². The van der Waals surface area contributed by atoms with Crippen molar-refractivity contribution in [3.63, 3.8) is 0 Å². The van der Waals surface area contributed by atoms with Crippen LogP contribution in [-0.4, -0.2) is 5.75 Å². The number of rotatable bonds is 11. The van der Waals surface area contributed by atoms with E-state index in [-0.39, 0.29) is 0 Å². The van der Waals surface area contributed by atoms with E-state index >= 15 is 0 Å². The summed E-state index contributed by atoms with van der Waals surface area (Å²) in [4.78, 5) is 0. The average Bonchev–Trinajstić information content (AvgIpc) is 2.67. The van der Waals surface area contributed by atoms with Gasteiger partial charge in [0.25, 0.3) is 0 Å². The number of unbranched alkanes of at least 4 members (excludes halogenated alkanes) is 8. The fourth-order valence-corrected chi connectivity index (χ4v) is 4.05. The standard InChI is InChI=1S/C25H32S/c26-17-11-7-5-3-1-2-4-6-8-12-21-15-16-24-19-22-13-9-10-14-23(22)20-25(24)18-21/h9-10,13-16,18-20,26H,1-8,11-12,17H2. The highest BCUT2D eigenvalue weighted by molar-refractivity contribution is 7.80. The van der Waals surface area contributed by atoms with E-state index in [0.717, 1.165) is 5.75 Å². The van der Waals surface area contributed by atoms with Gasteiger partial charge in [-0.15, -0.1) is 0 Å². The Labute approximate surface area is 164 Å². The molecular formula is C25H32S. The summed E-state index contributed by atoms with van der Waals surface area (Å²) in [5.41, 5.74) is 1.49. The number of hydrogen-bond donors (Lipinski definition) is 1. The first-order valence-electron chi connectivity index (χ1n) is 10.4. The van der Waals surface area contributed by atoms with E-state index in [9.17, 15) is 0 Å². The minimum Gasteiger partial charge on any atom is -0.179 e. The molecule has 0 heterocycles. The number of aryl methyl sites for hydroxylation is 1. The van der Waals surface area contributed by atoms with E-state index in [1.54, 1.807) is 0 Å². The Kier molecular flexibility index (Phi) is 7.88. The highest BCUT2D eigenvalue weighted by Crippen LogP contribution is 2.24. The van der Waals surface area contributed by atoms with E-state index < -0.39 is 0 Å². The Morgan fingerprint density at radius 3 is 1.69 bits per heavy atom. The lowest BCUT2D eigenvalue weighted by Gasteiger charge is -2.06. The van der Waals surface area contributed by atoms with Crippen molar-refractivity contribution >= 4 is 34.2 Å². The van der Waals surface area contributed by atoms with Crippen LogP contribution in [0.15, 0.2) is 54.6 Å². The van der Waals surface area contributed by atoms with Crippen molar-refractivity contribution < 1.29 is 0 Å². The second-order valence-electron chi connectivity index (χ2n) is 7.54. The van der Waals surface area contributed by atoms with Gasteiger partial charge in [-0.2, -0.15) is 12.6 Å². The summed E-state index contributed by atoms with van der Waals surface area (Å²) in [6.07, 6.45) is 13.6. The normalized spacial score (nSPS) is 11.4. The van der Waals surface area contributed by atoms with Gasteiger partial charge in [0.1, 0.15) is 0 Å². The molecule has 138 valence electrons. The molecule has 1 heteroatoms. The molecule has 0 aromatic heterocycles. The van der Waals surface area contributed by atoms with E-state index in [1.807, 2.05) is 0 Å². The molecule has 0 amide bonds. The van der Waals surface area contributed by atoms with Gasteiger partial charge in [-0.1, -0.05) is 87.4 Å². The smallest absolute Gasteiger partial charge is 0.00979 e. The molecule has 0 N–H and O–H groups in total. The molecule has 0 unspecified atom stereocenters. The van der Waals surface area contributed by atoms with Gasteiger partial charge in [0.15, 0.2) is 0 Å². The van der Waals surface area contributed by atoms with Crippen molar-refractivity contribution in [2.24, 2.45) is 0 Å². The van der Waals surface area contributed by atoms with Gasteiger partial charge in [-0.3, -0.25) is 0 Å². The van der Waals surface area contributed by atoms with Gasteiger partial charge >= 0.3 is 0 Å². The number of fused-ring (bicyclic) bond motifs is 2. The third-order valence-corrected chi connectivity index (χ3v) is 5.71. The maximum Gasteiger partial charge on any atom is -0.00979 e. The van der Waals surface area contributed by atoms with Crippen molar-refractivity contribution in [3.8, 4) is 0 Å². The van der Waals surface area contributed by atoms with Gasteiger partial charge in [0.2, 0.25) is 0 Å². The number of thiol groups is 1. The molecule has 3 rings (SSSR count). The molecule has 3 aromatic rings. The highest BCUT2D eigenvalue weighted by atomic mass is 32.1. The van der Waals surface area contributed by atoms with Crippen molar-refractivity contribution in [2.45, 2.75) is 64.2 Å². The lowest BCUT2D eigenvalue weighted by atomic mass is 9.99. The summed E-state index contributed by atoms with van der Waals surface area (Å²) in [6, 6.07) is 20.3. The van der Waals surface area contributed by atoms with E-state index in [1.165, 1.54) is 91.3 Å². The fourth-order valence-electron chi connectivity index (χ4n) is 3.82. The van der Waals surface area contributed by atoms with Crippen LogP contribution in [0.5, 0.6) is 0 Å². The van der Waals surface area contributed by atoms with Gasteiger partial charge in [-0.25, -0.2) is 0 Å². The van der Waals surface area contributed by atoms with Crippen LogP contribution in [0.2, 0.25) is 0 Å². The van der Waals surface area contributed by atoms with Crippen LogP contribution in [0, 0.1) is 0 Å². The van der Waals surface area contributed by atoms with Crippen LogP contribution < -0.4 is 0 Å². The molecular weight excluding hydrogens is 332 g/mol. The SMILES string of the molecule is SCCCCCCCCCCCc1ccc2cc3ccccc3cc2c1. The minimum atomic E-state index is 1.05. The van der Waals surface area contributed by atoms with Crippen LogP contribution in [0.1, 0.15) is 63.4 Å². The first-order valence-corrected chi connectivity index (χ1v) is 11.0. The van der Waals surface area contributed by atoms with Gasteiger partial charge in [0, 0.05) is 0 Å². The van der Waals surface area contributed by atoms with E-state index in [4.69, 9.17) is 0 Å². The molecule has 0 atom stereocenters. The van der Waals surface area contributed by atoms with E-state index in [0.29, 0.717) is 0 Å². The maximum absolute atomic E-state index is 4.27. The van der Waals surface area contributed by atoms with Gasteiger partial charge in [-0.05, 0) is 64.3 Å². The van der Waals surface area contributed by atoms with Crippen LogP contribution in [0.4, 0.5) is 0 Å². The average molecular weight is 365 g/mol. The zero-order chi connectivity index (χ0) is 18.0. The van der Waals surface area contributed by atoms with Gasteiger partial charge in [0.05, 0.1) is 0 Å². The molecule has 3 aromatic carbocycles. The quantitative estimate of drug-likeness (QED) is 0.199. The Morgan fingerprint density at radius 2 is 1.04 bits per heavy atom. The summed E-state index contributed by atoms with van der Waals surface area (Å²) >= 11 is 4.27. The van der Waals surface area contributed by atoms with Crippen LogP contribution in [0.25, 0.3) is 21.5 Å². The van der Waals surface area contributed by atoms with Gasteiger partial charge < -0.3 is 0 Å². The third kappa shape index (κ3) is 5.77. The topological polar surface area (TPSA) is 0 Å². The molecule has 0 bridgehead atoms. The molecule has 0 aliphatic heterocycles. The van der Waals surface area contributed by atoms with Crippen LogP contribution in [-0.2, 0) is 6.42 Å². The number of benzene rings is 3. The monoisotopic (exact) mass is 364 g/mol. The zero-order valence-corrected chi connectivity index (χ0v) is 16.8. The van der Waals surface area contributed by atoms with E-state index in [2.05, 4.69) is 67.2 Å². The summed E-state index contributed by atoms with van der Waals surface area (Å²) in [6.45, 7) is 0. The summed E-state index contributed by atoms with van der Waals surface area (Å²) in [5.74, 6) is 1.05. The molecule has 0 aliphatic rings. The van der Waals surface area contributed by atoms with Crippen molar-refractivity contribution in [1.29, 1.82) is 0 Å². The summed E-state index contributed by atoms with van der Waals surface area (Å²) < 4.78 is 0.